The number of carbonyl (C=O) groups is 4. The lowest BCUT2D eigenvalue weighted by molar-refractivity contribution is -0.265. The van der Waals surface area contributed by atoms with E-state index in [9.17, 15) is 39.6 Å². The molecule has 0 spiro atoms. The first-order valence-electron chi connectivity index (χ1n) is 24.1. The van der Waals surface area contributed by atoms with E-state index in [0.29, 0.717) is 63.4 Å². The number of cyclic esters (lactones) is 1. The van der Waals surface area contributed by atoms with Crippen LogP contribution in [-0.4, -0.2) is 137 Å². The van der Waals surface area contributed by atoms with E-state index in [2.05, 4.69) is 0 Å². The van der Waals surface area contributed by atoms with Gasteiger partial charge in [-0.15, -0.1) is 0 Å². The molecule has 0 aromatic carbocycles. The molecule has 368 valence electrons. The number of fused-ring (bicyclic) bond motifs is 3. The molecule has 3 unspecified atom stereocenters. The third kappa shape index (κ3) is 14.5. The Kier molecular flexibility index (Phi) is 21.3. The minimum absolute atomic E-state index is 0.0801. The van der Waals surface area contributed by atoms with Crippen molar-refractivity contribution in [2.75, 3.05) is 27.9 Å². The number of amides is 1. The maximum Gasteiger partial charge on any atom is 0.329 e. The lowest BCUT2D eigenvalue weighted by Crippen LogP contribution is -2.61. The molecule has 1 aliphatic carbocycles. The van der Waals surface area contributed by atoms with Crippen LogP contribution in [0.15, 0.2) is 47.6 Å². The van der Waals surface area contributed by atoms with Gasteiger partial charge in [-0.05, 0) is 113 Å². The minimum Gasteiger partial charge on any atom is -0.460 e. The summed E-state index contributed by atoms with van der Waals surface area (Å²) in [6.07, 6.45) is 10.9. The van der Waals surface area contributed by atoms with Gasteiger partial charge in [-0.2, -0.15) is 0 Å². The number of hydrogen-bond acceptors (Lipinski definition) is 13. The number of carbonyl (C=O) groups excluding carboxylic acids is 4. The van der Waals surface area contributed by atoms with Crippen LogP contribution in [-0.2, 0) is 42.9 Å². The Balaban J connectivity index is 1.70. The number of aliphatic hydroxyl groups is 4. The van der Waals surface area contributed by atoms with Crippen molar-refractivity contribution in [2.24, 2.45) is 35.5 Å². The van der Waals surface area contributed by atoms with E-state index in [-0.39, 0.29) is 54.9 Å². The van der Waals surface area contributed by atoms with Crippen LogP contribution in [0.5, 0.6) is 0 Å². The number of nitrogens with zero attached hydrogens (tertiary/aromatic N) is 1. The second kappa shape index (κ2) is 25.3. The summed E-state index contributed by atoms with van der Waals surface area (Å²) < 4.78 is 29.5. The van der Waals surface area contributed by atoms with Crippen molar-refractivity contribution in [3.05, 3.63) is 47.6 Å². The zero-order valence-electron chi connectivity index (χ0n) is 40.7. The van der Waals surface area contributed by atoms with Crippen LogP contribution in [0.4, 0.5) is 0 Å². The van der Waals surface area contributed by atoms with E-state index in [4.69, 9.17) is 23.7 Å². The summed E-state index contributed by atoms with van der Waals surface area (Å²) in [5, 5.41) is 45.3. The fourth-order valence-corrected chi connectivity index (χ4v) is 10.3. The monoisotopic (exact) mass is 916 g/mol. The predicted molar refractivity (Wildman–Crippen MR) is 246 cm³/mol. The van der Waals surface area contributed by atoms with E-state index in [1.54, 1.807) is 41.1 Å². The molecule has 2 saturated heterocycles. The van der Waals surface area contributed by atoms with Gasteiger partial charge in [0.05, 0.1) is 30.5 Å². The van der Waals surface area contributed by atoms with Crippen molar-refractivity contribution in [2.45, 2.75) is 186 Å². The van der Waals surface area contributed by atoms with Gasteiger partial charge in [-0.3, -0.25) is 14.4 Å². The fraction of sp³-hybridized carbons (Fsp3) is 0.765. The molecule has 3 fully saturated rings. The van der Waals surface area contributed by atoms with Gasteiger partial charge in [0.1, 0.15) is 30.1 Å². The molecule has 16 atom stereocenters. The number of rotatable bonds is 6. The molecule has 0 aromatic rings. The Bertz CT molecular complexity index is 1710. The second-order valence-electron chi connectivity index (χ2n) is 19.8. The lowest BCUT2D eigenvalue weighted by atomic mass is 9.78. The van der Waals surface area contributed by atoms with E-state index in [1.807, 2.05) is 58.1 Å². The van der Waals surface area contributed by atoms with Crippen molar-refractivity contribution in [3.63, 3.8) is 0 Å². The van der Waals surface area contributed by atoms with Crippen molar-refractivity contribution in [3.8, 4) is 0 Å². The molecule has 3 aliphatic heterocycles. The number of methoxy groups -OCH3 is 3. The highest BCUT2D eigenvalue weighted by Gasteiger charge is 2.53. The van der Waals surface area contributed by atoms with Gasteiger partial charge in [0.15, 0.2) is 0 Å². The third-order valence-corrected chi connectivity index (χ3v) is 14.7. The van der Waals surface area contributed by atoms with Crippen LogP contribution < -0.4 is 0 Å². The van der Waals surface area contributed by atoms with E-state index >= 15 is 0 Å². The minimum atomic E-state index is -2.42. The summed E-state index contributed by atoms with van der Waals surface area (Å²) in [5.41, 5.74) is 1.34. The number of allylic oxidation sites excluding steroid dienone is 6. The highest BCUT2D eigenvalue weighted by molar-refractivity contribution is 6.39. The number of aliphatic hydroxyl groups excluding tert-OH is 3. The Morgan fingerprint density at radius 1 is 0.846 bits per heavy atom. The van der Waals surface area contributed by atoms with Crippen LogP contribution in [0.1, 0.15) is 126 Å². The van der Waals surface area contributed by atoms with Gasteiger partial charge in [0.25, 0.3) is 11.7 Å². The molecule has 4 rings (SSSR count). The number of Topliss-reactive ketones (excluding diaryl/α,β-unsaturated/α-hetero) is 2. The van der Waals surface area contributed by atoms with E-state index < -0.39 is 84.1 Å². The van der Waals surface area contributed by atoms with Crippen molar-refractivity contribution in [1.29, 1.82) is 0 Å². The molecule has 14 heteroatoms. The molecule has 1 amide bonds. The molecule has 0 radical (unpaired) electrons. The number of ketones is 2. The summed E-state index contributed by atoms with van der Waals surface area (Å²) in [6.45, 7) is 13.0. The van der Waals surface area contributed by atoms with Gasteiger partial charge < -0.3 is 49.0 Å². The Labute approximate surface area is 387 Å². The Morgan fingerprint density at radius 2 is 1.57 bits per heavy atom. The molecule has 3 heterocycles. The summed E-state index contributed by atoms with van der Waals surface area (Å²) in [7, 11) is 4.59. The normalized spacial score (nSPS) is 41.5. The molecule has 0 aromatic heterocycles. The van der Waals surface area contributed by atoms with Crippen LogP contribution in [0.25, 0.3) is 0 Å². The van der Waals surface area contributed by atoms with Crippen LogP contribution in [0.2, 0.25) is 0 Å². The summed E-state index contributed by atoms with van der Waals surface area (Å²) in [4.78, 5) is 58.1. The smallest absolute Gasteiger partial charge is 0.329 e. The van der Waals surface area contributed by atoms with Gasteiger partial charge >= 0.3 is 5.97 Å². The van der Waals surface area contributed by atoms with Crippen LogP contribution >= 0.6 is 0 Å². The quantitative estimate of drug-likeness (QED) is 0.138. The number of ether oxygens (including phenoxy) is 5. The molecule has 1 saturated carbocycles. The fourth-order valence-electron chi connectivity index (χ4n) is 10.3. The maximum atomic E-state index is 14.4. The van der Waals surface area contributed by atoms with Crippen molar-refractivity contribution in [1.82, 2.24) is 4.90 Å². The molecular formula is C51H81NO13. The standard InChI is InChI=1S/C51H81NO13/c1-30-16-12-11-13-17-31(2)42(61-8)28-38-21-19-36(7)51(60,65-38)48(57)49(58)52-23-15-14-18-39(52)50(59)64-43(33(4)26-37-20-22-40(53)44(27-37)62-9)29-41(54)32(3)25-35(6)46(56)47(63-10)45(55)34(5)24-30/h11-13,16-17,25,30,32-34,36-40,42-47,53,55-56,60H,14-15,18-24,26-29H2,1-10H3/b13-11+,16-12+,31-17+,35-25+/t30-,32-,33-,34-,36-,37?,38?,39?,40-,42+,43+,44-,45+,46-,47+,51-/m1/s1. The van der Waals surface area contributed by atoms with E-state index in [1.165, 1.54) is 12.0 Å². The average Bonchev–Trinajstić information content (AvgIpc) is 3.28. The lowest BCUT2D eigenvalue weighted by Gasteiger charge is -2.42. The largest absolute Gasteiger partial charge is 0.460 e. The van der Waals surface area contributed by atoms with Gasteiger partial charge in [0.2, 0.25) is 5.79 Å². The molecule has 65 heavy (non-hydrogen) atoms. The molecule has 2 bridgehead atoms. The van der Waals surface area contributed by atoms with Gasteiger partial charge in [0, 0.05) is 52.6 Å². The van der Waals surface area contributed by atoms with Crippen molar-refractivity contribution < 1.29 is 63.3 Å². The summed E-state index contributed by atoms with van der Waals surface area (Å²) in [5.74, 6) is -7.35. The summed E-state index contributed by atoms with van der Waals surface area (Å²) in [6, 6.07) is -1.13. The first kappa shape index (κ1) is 54.5. The number of hydrogen-bond donors (Lipinski definition) is 4. The average molecular weight is 916 g/mol. The third-order valence-electron chi connectivity index (χ3n) is 14.7. The SMILES string of the molecule is CO[C@H]1[C@@H](O)[C@H](C)C[C@H](C)/C=C/C=C/C=C(\C)[C@@H](OC)CC2CC[C@@H](C)[C@@](O)(O2)C(=O)C(=O)N2CCCCC2C(=O)O[C@H]([C@H](C)CC2CC[C@@H](O)[C@H](OC)C2)CC(=O)[C@H](C)/C=C(\C)[C@H]1O. The van der Waals surface area contributed by atoms with E-state index in [0.717, 1.165) is 12.0 Å². The predicted octanol–water partition coefficient (Wildman–Crippen LogP) is 5.97. The second-order valence-corrected chi connectivity index (χ2v) is 19.8. The molecular weight excluding hydrogens is 835 g/mol. The van der Waals surface area contributed by atoms with Gasteiger partial charge in [-0.1, -0.05) is 71.1 Å². The maximum absolute atomic E-state index is 14.4. The van der Waals surface area contributed by atoms with Crippen LogP contribution in [0.3, 0.4) is 0 Å². The van der Waals surface area contributed by atoms with Crippen LogP contribution in [0, 0.1) is 35.5 Å². The molecule has 4 aliphatic rings. The first-order chi connectivity index (χ1) is 30.7. The topological polar surface area (TPSA) is 199 Å². The highest BCUT2D eigenvalue weighted by atomic mass is 16.6. The van der Waals surface area contributed by atoms with Gasteiger partial charge in [-0.25, -0.2) is 4.79 Å². The molecule has 14 nitrogen and oxygen atoms in total. The number of piperidine rings is 1. The molecule has 4 N–H and O–H groups in total. The Morgan fingerprint density at radius 3 is 2.25 bits per heavy atom. The summed E-state index contributed by atoms with van der Waals surface area (Å²) >= 11 is 0. The Hall–Kier alpha value is -3.08. The zero-order valence-corrected chi connectivity index (χ0v) is 40.7. The first-order valence-corrected chi connectivity index (χ1v) is 24.1. The zero-order chi connectivity index (χ0) is 48.2. The highest BCUT2D eigenvalue weighted by Crippen LogP contribution is 2.38. The van der Waals surface area contributed by atoms with Crippen molar-refractivity contribution >= 4 is 23.4 Å². The number of esters is 1.